The smallest absolute Gasteiger partial charge is 0.0590 e. The number of halogens is 1. The predicted molar refractivity (Wildman–Crippen MR) is 61.4 cm³/mol. The Morgan fingerprint density at radius 2 is 2.43 bits per heavy atom. The lowest BCUT2D eigenvalue weighted by Gasteiger charge is -2.36. The maximum atomic E-state index is 4.02. The van der Waals surface area contributed by atoms with Gasteiger partial charge in [-0.1, -0.05) is 0 Å². The molecule has 0 amide bonds. The summed E-state index contributed by atoms with van der Waals surface area (Å²) in [6.45, 7) is 3.46. The first kappa shape index (κ1) is 9.93. The predicted octanol–water partition coefficient (Wildman–Crippen LogP) is 1.82. The van der Waals surface area contributed by atoms with Crippen molar-refractivity contribution in [2.24, 2.45) is 5.92 Å². The number of aromatic nitrogens is 1. The van der Waals surface area contributed by atoms with Crippen LogP contribution in [0.15, 0.2) is 22.9 Å². The molecule has 0 atom stereocenters. The van der Waals surface area contributed by atoms with Crippen LogP contribution in [-0.2, 0) is 0 Å². The fourth-order valence-electron chi connectivity index (χ4n) is 1.73. The van der Waals surface area contributed by atoms with Gasteiger partial charge in [0.1, 0.15) is 0 Å². The largest absolute Gasteiger partial charge is 0.384 e. The molecule has 3 nitrogen and oxygen atoms in total. The van der Waals surface area contributed by atoms with E-state index < -0.39 is 0 Å². The summed E-state index contributed by atoms with van der Waals surface area (Å²) in [5.74, 6) is 0.792. The summed E-state index contributed by atoms with van der Waals surface area (Å²) in [5.41, 5.74) is 1.13. The molecule has 0 aliphatic carbocycles. The van der Waals surface area contributed by atoms with Crippen LogP contribution in [0.4, 0.5) is 5.69 Å². The van der Waals surface area contributed by atoms with Gasteiger partial charge in [-0.2, -0.15) is 0 Å². The molecule has 0 bridgehead atoms. The van der Waals surface area contributed by atoms with E-state index in [4.69, 9.17) is 0 Å². The van der Waals surface area contributed by atoms with Crippen LogP contribution >= 0.6 is 15.9 Å². The Morgan fingerprint density at radius 1 is 1.64 bits per heavy atom. The van der Waals surface area contributed by atoms with Crippen LogP contribution in [0, 0.1) is 5.92 Å². The molecular formula is C10H14BrN3. The Hall–Kier alpha value is -0.610. The second-order valence-corrected chi connectivity index (χ2v) is 4.68. The molecule has 14 heavy (non-hydrogen) atoms. The summed E-state index contributed by atoms with van der Waals surface area (Å²) in [4.78, 5) is 6.35. The second-order valence-electron chi connectivity index (χ2n) is 3.82. The van der Waals surface area contributed by atoms with E-state index in [0.717, 1.165) is 22.6 Å². The third kappa shape index (κ3) is 2.25. The highest BCUT2D eigenvalue weighted by Crippen LogP contribution is 2.21. The maximum Gasteiger partial charge on any atom is 0.0590 e. The molecule has 2 heterocycles. The summed E-state index contributed by atoms with van der Waals surface area (Å²) in [5, 5.41) is 3.42. The first-order valence-electron chi connectivity index (χ1n) is 4.77. The molecule has 76 valence electrons. The number of hydrogen-bond donors (Lipinski definition) is 1. The average Bonchev–Trinajstić information content (AvgIpc) is 2.13. The topological polar surface area (TPSA) is 28.2 Å². The second kappa shape index (κ2) is 4.28. The number of pyridine rings is 1. The van der Waals surface area contributed by atoms with Gasteiger partial charge < -0.3 is 10.2 Å². The molecular weight excluding hydrogens is 242 g/mol. The van der Waals surface area contributed by atoms with Crippen molar-refractivity contribution in [2.75, 3.05) is 32.0 Å². The molecule has 0 saturated carbocycles. The standard InChI is InChI=1S/C10H14BrN3/c1-14-6-8(7-14)4-13-10-2-3-12-5-9(10)11/h2-3,5,8H,4,6-7H2,1H3,(H,12,13). The number of likely N-dealkylation sites (tertiary alicyclic amines) is 1. The molecule has 1 N–H and O–H groups in total. The van der Waals surface area contributed by atoms with Gasteiger partial charge in [-0.3, -0.25) is 4.98 Å². The van der Waals surface area contributed by atoms with E-state index in [2.05, 4.69) is 38.2 Å². The summed E-state index contributed by atoms with van der Waals surface area (Å²) >= 11 is 3.46. The highest BCUT2D eigenvalue weighted by molar-refractivity contribution is 9.10. The molecule has 1 aromatic heterocycles. The van der Waals surface area contributed by atoms with Gasteiger partial charge in [-0.05, 0) is 29.0 Å². The van der Waals surface area contributed by atoms with Gasteiger partial charge in [0.2, 0.25) is 0 Å². The Kier molecular flexibility index (Phi) is 3.03. The van der Waals surface area contributed by atoms with E-state index in [1.807, 2.05) is 12.3 Å². The number of nitrogens with one attached hydrogen (secondary N) is 1. The SMILES string of the molecule is CN1CC(CNc2ccncc2Br)C1. The molecule has 1 aromatic rings. The van der Waals surface area contributed by atoms with Gasteiger partial charge in [0.05, 0.1) is 10.2 Å². The van der Waals surface area contributed by atoms with Crippen molar-refractivity contribution < 1.29 is 0 Å². The summed E-state index contributed by atoms with van der Waals surface area (Å²) in [7, 11) is 2.15. The van der Waals surface area contributed by atoms with E-state index in [1.165, 1.54) is 13.1 Å². The first-order chi connectivity index (χ1) is 6.75. The lowest BCUT2D eigenvalue weighted by atomic mass is 10.0. The minimum Gasteiger partial charge on any atom is -0.384 e. The van der Waals surface area contributed by atoms with Crippen molar-refractivity contribution in [3.8, 4) is 0 Å². The quantitative estimate of drug-likeness (QED) is 0.894. The third-order valence-corrected chi connectivity index (χ3v) is 3.13. The van der Waals surface area contributed by atoms with Gasteiger partial charge >= 0.3 is 0 Å². The average molecular weight is 256 g/mol. The summed E-state index contributed by atoms with van der Waals surface area (Å²) in [6, 6.07) is 1.99. The van der Waals surface area contributed by atoms with Gasteiger partial charge in [0.25, 0.3) is 0 Å². The van der Waals surface area contributed by atoms with Gasteiger partial charge in [0.15, 0.2) is 0 Å². The van der Waals surface area contributed by atoms with Crippen LogP contribution in [-0.4, -0.2) is 36.6 Å². The van der Waals surface area contributed by atoms with Crippen LogP contribution in [0.1, 0.15) is 0 Å². The van der Waals surface area contributed by atoms with E-state index >= 15 is 0 Å². The Bertz CT molecular complexity index is 310. The van der Waals surface area contributed by atoms with Crippen molar-refractivity contribution >= 4 is 21.6 Å². The molecule has 2 rings (SSSR count). The lowest BCUT2D eigenvalue weighted by Crippen LogP contribution is -2.46. The maximum absolute atomic E-state index is 4.02. The highest BCUT2D eigenvalue weighted by atomic mass is 79.9. The van der Waals surface area contributed by atoms with E-state index in [1.54, 1.807) is 6.20 Å². The number of nitrogens with zero attached hydrogens (tertiary/aromatic N) is 2. The molecule has 4 heteroatoms. The first-order valence-corrected chi connectivity index (χ1v) is 5.57. The minimum atomic E-state index is 0.792. The summed E-state index contributed by atoms with van der Waals surface area (Å²) in [6.07, 6.45) is 3.62. The van der Waals surface area contributed by atoms with Crippen molar-refractivity contribution in [1.29, 1.82) is 0 Å². The van der Waals surface area contributed by atoms with Crippen molar-refractivity contribution in [3.05, 3.63) is 22.9 Å². The molecule has 0 radical (unpaired) electrons. The Labute approximate surface area is 92.6 Å². The van der Waals surface area contributed by atoms with E-state index in [-0.39, 0.29) is 0 Å². The van der Waals surface area contributed by atoms with Crippen LogP contribution in [0.3, 0.4) is 0 Å². The molecule has 1 aliphatic rings. The highest BCUT2D eigenvalue weighted by Gasteiger charge is 2.22. The molecule has 1 saturated heterocycles. The van der Waals surface area contributed by atoms with Gasteiger partial charge in [0, 0.05) is 37.9 Å². The molecule has 0 spiro atoms. The Morgan fingerprint density at radius 3 is 3.07 bits per heavy atom. The van der Waals surface area contributed by atoms with Gasteiger partial charge in [-0.25, -0.2) is 0 Å². The number of anilines is 1. The van der Waals surface area contributed by atoms with Crippen LogP contribution in [0.2, 0.25) is 0 Å². The van der Waals surface area contributed by atoms with Crippen LogP contribution in [0.25, 0.3) is 0 Å². The zero-order valence-corrected chi connectivity index (χ0v) is 9.79. The number of rotatable bonds is 3. The third-order valence-electron chi connectivity index (χ3n) is 2.49. The van der Waals surface area contributed by atoms with E-state index in [0.29, 0.717) is 0 Å². The molecule has 1 aliphatic heterocycles. The lowest BCUT2D eigenvalue weighted by molar-refractivity contribution is 0.144. The van der Waals surface area contributed by atoms with Crippen LogP contribution in [0.5, 0.6) is 0 Å². The molecule has 1 fully saturated rings. The Balaban J connectivity index is 1.83. The summed E-state index contributed by atoms with van der Waals surface area (Å²) < 4.78 is 1.03. The zero-order valence-electron chi connectivity index (χ0n) is 8.20. The van der Waals surface area contributed by atoms with E-state index in [9.17, 15) is 0 Å². The fraction of sp³-hybridized carbons (Fsp3) is 0.500. The monoisotopic (exact) mass is 255 g/mol. The zero-order chi connectivity index (χ0) is 9.97. The van der Waals surface area contributed by atoms with Crippen molar-refractivity contribution in [1.82, 2.24) is 9.88 Å². The molecule has 0 aromatic carbocycles. The normalized spacial score (nSPS) is 17.9. The fourth-order valence-corrected chi connectivity index (χ4v) is 2.12. The van der Waals surface area contributed by atoms with Crippen LogP contribution < -0.4 is 5.32 Å². The van der Waals surface area contributed by atoms with Crippen molar-refractivity contribution in [3.63, 3.8) is 0 Å². The molecule has 0 unspecified atom stereocenters. The minimum absolute atomic E-state index is 0.792. The van der Waals surface area contributed by atoms with Gasteiger partial charge in [-0.15, -0.1) is 0 Å². The number of hydrogen-bond acceptors (Lipinski definition) is 3. The van der Waals surface area contributed by atoms with Crippen molar-refractivity contribution in [2.45, 2.75) is 0 Å².